The molecule has 9 nitrogen and oxygen atoms in total. The number of rotatable bonds is 5. The van der Waals surface area contributed by atoms with Crippen LogP contribution in [0.1, 0.15) is 18.4 Å². The monoisotopic (exact) mass is 437 g/mol. The quantitative estimate of drug-likeness (QED) is 0.633. The number of amides is 2. The van der Waals surface area contributed by atoms with Crippen LogP contribution in [0.3, 0.4) is 0 Å². The molecule has 1 aromatic carbocycles. The van der Waals surface area contributed by atoms with Crippen LogP contribution >= 0.6 is 0 Å². The maximum Gasteiger partial charge on any atom is 0.354 e. The molecule has 170 valence electrons. The molecule has 6 rings (SSSR count). The van der Waals surface area contributed by atoms with Crippen LogP contribution in [0.5, 0.6) is 0 Å². The van der Waals surface area contributed by atoms with Gasteiger partial charge in [-0.25, -0.2) is 9.59 Å². The lowest BCUT2D eigenvalue weighted by Crippen LogP contribution is -2.66. The Morgan fingerprint density at radius 2 is 1.94 bits per heavy atom. The molecule has 2 aromatic rings. The van der Waals surface area contributed by atoms with Crippen LogP contribution in [0.25, 0.3) is 5.69 Å². The summed E-state index contributed by atoms with van der Waals surface area (Å²) in [5.41, 5.74) is 7.99. The van der Waals surface area contributed by atoms with Gasteiger partial charge in [0.1, 0.15) is 5.82 Å². The lowest BCUT2D eigenvalue weighted by Gasteiger charge is -2.54. The van der Waals surface area contributed by atoms with E-state index in [-0.39, 0.29) is 17.4 Å². The lowest BCUT2D eigenvalue weighted by atomic mass is 9.65. The minimum absolute atomic E-state index is 0.0531. The number of carbonyl (C=O) groups excluding carboxylic acids is 1. The van der Waals surface area contributed by atoms with Gasteiger partial charge in [0, 0.05) is 57.5 Å². The molecule has 4 aliphatic rings. The van der Waals surface area contributed by atoms with Crippen molar-refractivity contribution >= 4 is 11.8 Å². The molecule has 4 N–H and O–H groups in total. The second-order valence-corrected chi connectivity index (χ2v) is 9.42. The number of urea groups is 1. The predicted molar refractivity (Wildman–Crippen MR) is 123 cm³/mol. The van der Waals surface area contributed by atoms with Gasteiger partial charge in [0.2, 0.25) is 0 Å². The number of fused-ring (bicyclic) bond motifs is 2. The summed E-state index contributed by atoms with van der Waals surface area (Å²) in [4.78, 5) is 33.1. The van der Waals surface area contributed by atoms with Crippen LogP contribution in [-0.2, 0) is 6.42 Å². The Balaban J connectivity index is 1.18. The van der Waals surface area contributed by atoms with E-state index in [2.05, 4.69) is 32.7 Å². The fourth-order valence-corrected chi connectivity index (χ4v) is 5.23. The minimum Gasteiger partial charge on any atom is -0.324 e. The molecule has 3 aliphatic heterocycles. The van der Waals surface area contributed by atoms with Crippen molar-refractivity contribution in [3.05, 3.63) is 52.6 Å². The number of nitrogens with one attached hydrogen (secondary N) is 2. The Morgan fingerprint density at radius 3 is 2.62 bits per heavy atom. The first-order valence-electron chi connectivity index (χ1n) is 11.4. The molecular weight excluding hydrogens is 406 g/mol. The maximum absolute atomic E-state index is 12.5. The van der Waals surface area contributed by atoms with E-state index in [1.54, 1.807) is 17.2 Å². The predicted octanol–water partition coefficient (Wildman–Crippen LogP) is 0.635. The third-order valence-electron chi connectivity index (χ3n) is 6.82. The average molecular weight is 438 g/mol. The molecule has 0 unspecified atom stereocenters. The largest absolute Gasteiger partial charge is 0.354 e. The van der Waals surface area contributed by atoms with E-state index in [4.69, 9.17) is 5.73 Å². The van der Waals surface area contributed by atoms with Crippen molar-refractivity contribution in [2.45, 2.75) is 24.8 Å². The van der Waals surface area contributed by atoms with Crippen LogP contribution in [0.2, 0.25) is 0 Å². The molecule has 32 heavy (non-hydrogen) atoms. The standard InChI is InChI=1S/C23H31N7O2/c24-23-13-18(14-23)15-28(16-23)9-5-17-1-3-19(4-2-17)30-10-6-20(27-22(30)32)26-21(31)29-11-7-25-8-12-29/h1-4,6,10,18,25H,5,7-9,11-16,24H2,(H,26,27,31,32). The zero-order valence-corrected chi connectivity index (χ0v) is 18.3. The Labute approximate surface area is 187 Å². The van der Waals surface area contributed by atoms with Gasteiger partial charge in [0.15, 0.2) is 0 Å². The summed E-state index contributed by atoms with van der Waals surface area (Å²) in [6, 6.07) is 9.42. The van der Waals surface area contributed by atoms with Crippen molar-refractivity contribution in [3.63, 3.8) is 0 Å². The first-order valence-corrected chi connectivity index (χ1v) is 11.4. The van der Waals surface area contributed by atoms with Crippen LogP contribution in [-0.4, -0.2) is 76.7 Å². The summed E-state index contributed by atoms with van der Waals surface area (Å²) in [5.74, 6) is 1.05. The number of carbonyl (C=O) groups is 1. The average Bonchev–Trinajstić information content (AvgIpc) is 2.78. The molecule has 0 spiro atoms. The van der Waals surface area contributed by atoms with Gasteiger partial charge in [-0.3, -0.25) is 9.88 Å². The number of piperidine rings is 2. The third kappa shape index (κ3) is 4.55. The van der Waals surface area contributed by atoms with E-state index in [9.17, 15) is 9.59 Å². The molecule has 2 bridgehead atoms. The van der Waals surface area contributed by atoms with Crippen molar-refractivity contribution in [1.82, 2.24) is 24.7 Å². The number of piperazine rings is 1. The number of hydrogen-bond donors (Lipinski definition) is 3. The number of anilines is 1. The topological polar surface area (TPSA) is 109 Å². The van der Waals surface area contributed by atoms with Crippen molar-refractivity contribution in [3.8, 4) is 5.69 Å². The fourth-order valence-electron chi connectivity index (χ4n) is 5.23. The van der Waals surface area contributed by atoms with E-state index in [1.807, 2.05) is 12.1 Å². The van der Waals surface area contributed by atoms with Crippen molar-refractivity contribution < 1.29 is 4.79 Å². The number of nitrogens with zero attached hydrogens (tertiary/aromatic N) is 4. The third-order valence-corrected chi connectivity index (χ3v) is 6.82. The number of benzene rings is 1. The van der Waals surface area contributed by atoms with Gasteiger partial charge in [-0.2, -0.15) is 4.98 Å². The van der Waals surface area contributed by atoms with Gasteiger partial charge in [-0.15, -0.1) is 0 Å². The van der Waals surface area contributed by atoms with Crippen LogP contribution < -0.4 is 22.1 Å². The zero-order valence-electron chi connectivity index (χ0n) is 18.3. The highest BCUT2D eigenvalue weighted by Crippen LogP contribution is 2.41. The van der Waals surface area contributed by atoms with E-state index in [0.29, 0.717) is 13.1 Å². The first-order chi connectivity index (χ1) is 15.5. The summed E-state index contributed by atoms with van der Waals surface area (Å²) in [6.07, 6.45) is 4.98. The Morgan fingerprint density at radius 1 is 1.19 bits per heavy atom. The molecule has 4 fully saturated rings. The fraction of sp³-hybridized carbons (Fsp3) is 0.522. The Hall–Kier alpha value is -2.75. The summed E-state index contributed by atoms with van der Waals surface area (Å²) in [6.45, 7) is 5.99. The number of nitrogens with two attached hydrogens (primary N) is 1. The summed E-state index contributed by atoms with van der Waals surface area (Å²) >= 11 is 0. The van der Waals surface area contributed by atoms with E-state index < -0.39 is 5.69 Å². The highest BCUT2D eigenvalue weighted by atomic mass is 16.2. The Kier molecular flexibility index (Phi) is 5.71. The highest BCUT2D eigenvalue weighted by Gasteiger charge is 2.46. The first kappa shape index (κ1) is 21.1. The number of hydrogen-bond acceptors (Lipinski definition) is 6. The SMILES string of the molecule is NC12CC(CN(CCc3ccc(-n4ccc(NC(=O)N5CCNCC5)nc4=O)cc3)C1)C2. The second kappa shape index (κ2) is 8.65. The van der Waals surface area contributed by atoms with Crippen LogP contribution in [0.4, 0.5) is 10.6 Å². The van der Waals surface area contributed by atoms with Crippen molar-refractivity contribution in [2.75, 3.05) is 51.1 Å². The number of aromatic nitrogens is 2. The normalized spacial score (nSPS) is 25.3. The zero-order chi connectivity index (χ0) is 22.1. The molecule has 1 aliphatic carbocycles. The smallest absolute Gasteiger partial charge is 0.324 e. The molecule has 0 radical (unpaired) electrons. The maximum atomic E-state index is 12.5. The van der Waals surface area contributed by atoms with E-state index >= 15 is 0 Å². The molecule has 4 heterocycles. The molecular formula is C23H31N7O2. The highest BCUT2D eigenvalue weighted by molar-refractivity contribution is 5.88. The minimum atomic E-state index is -0.420. The lowest BCUT2D eigenvalue weighted by molar-refractivity contribution is 0.00375. The van der Waals surface area contributed by atoms with Gasteiger partial charge >= 0.3 is 11.7 Å². The van der Waals surface area contributed by atoms with E-state index in [1.165, 1.54) is 23.0 Å². The van der Waals surface area contributed by atoms with Gasteiger partial charge in [0.25, 0.3) is 0 Å². The second-order valence-electron chi connectivity index (χ2n) is 9.42. The van der Waals surface area contributed by atoms with Gasteiger partial charge in [-0.1, -0.05) is 12.1 Å². The molecule has 9 heteroatoms. The van der Waals surface area contributed by atoms with Crippen molar-refractivity contribution in [2.24, 2.45) is 11.7 Å². The van der Waals surface area contributed by atoms with Gasteiger partial charge < -0.3 is 20.9 Å². The molecule has 1 saturated carbocycles. The van der Waals surface area contributed by atoms with Crippen LogP contribution in [0.15, 0.2) is 41.3 Å². The van der Waals surface area contributed by atoms with Crippen LogP contribution in [0, 0.1) is 5.92 Å². The Bertz CT molecular complexity index is 1020. The van der Waals surface area contributed by atoms with Gasteiger partial charge in [0.05, 0.1) is 5.69 Å². The van der Waals surface area contributed by atoms with Gasteiger partial charge in [-0.05, 0) is 48.9 Å². The molecule has 1 aromatic heterocycles. The summed E-state index contributed by atoms with van der Waals surface area (Å²) < 4.78 is 1.49. The summed E-state index contributed by atoms with van der Waals surface area (Å²) in [7, 11) is 0. The summed E-state index contributed by atoms with van der Waals surface area (Å²) in [5, 5.41) is 5.92. The van der Waals surface area contributed by atoms with E-state index in [0.717, 1.165) is 50.7 Å². The molecule has 2 amide bonds. The van der Waals surface area contributed by atoms with Crippen molar-refractivity contribution in [1.29, 1.82) is 0 Å². The molecule has 3 saturated heterocycles. The molecule has 0 atom stereocenters.